The lowest BCUT2D eigenvalue weighted by Gasteiger charge is -2.20. The van der Waals surface area contributed by atoms with Gasteiger partial charge in [-0.3, -0.25) is 0 Å². The highest BCUT2D eigenvalue weighted by atomic mass is 16.5. The Bertz CT molecular complexity index is 136. The largest absolute Gasteiger partial charge is 0.393 e. The van der Waals surface area contributed by atoms with Gasteiger partial charge in [0.1, 0.15) is 0 Å². The molecule has 0 bridgehead atoms. The van der Waals surface area contributed by atoms with Crippen molar-refractivity contribution in [3.05, 3.63) is 0 Å². The molecule has 0 saturated heterocycles. The van der Waals surface area contributed by atoms with Crippen molar-refractivity contribution >= 4 is 0 Å². The highest BCUT2D eigenvalue weighted by molar-refractivity contribution is 4.61. The van der Waals surface area contributed by atoms with E-state index < -0.39 is 0 Å². The van der Waals surface area contributed by atoms with E-state index in [1.54, 1.807) is 0 Å². The fourth-order valence-corrected chi connectivity index (χ4v) is 1.36. The SMILES string of the molecule is CC(C)CC(O)CCCOC(C)(C)C. The van der Waals surface area contributed by atoms with Crippen molar-refractivity contribution in [2.75, 3.05) is 6.61 Å². The zero-order valence-corrected chi connectivity index (χ0v) is 10.3. The van der Waals surface area contributed by atoms with Gasteiger partial charge in [0.15, 0.2) is 0 Å². The first-order valence-electron chi connectivity index (χ1n) is 5.63. The molecule has 0 aliphatic rings. The summed E-state index contributed by atoms with van der Waals surface area (Å²) in [6.07, 6.45) is 2.55. The van der Waals surface area contributed by atoms with E-state index in [9.17, 15) is 5.11 Å². The lowest BCUT2D eigenvalue weighted by atomic mass is 10.0. The monoisotopic (exact) mass is 202 g/mol. The quantitative estimate of drug-likeness (QED) is 0.671. The molecule has 0 aromatic heterocycles. The van der Waals surface area contributed by atoms with Gasteiger partial charge in [-0.1, -0.05) is 13.8 Å². The molecule has 1 unspecified atom stereocenters. The molecule has 14 heavy (non-hydrogen) atoms. The Balaban J connectivity index is 3.36. The summed E-state index contributed by atoms with van der Waals surface area (Å²) < 4.78 is 5.57. The van der Waals surface area contributed by atoms with E-state index >= 15 is 0 Å². The lowest BCUT2D eigenvalue weighted by molar-refractivity contribution is -0.00931. The van der Waals surface area contributed by atoms with Gasteiger partial charge in [0, 0.05) is 6.61 Å². The molecule has 0 aliphatic carbocycles. The predicted molar refractivity (Wildman–Crippen MR) is 60.4 cm³/mol. The summed E-state index contributed by atoms with van der Waals surface area (Å²) in [6.45, 7) is 11.2. The van der Waals surface area contributed by atoms with Crippen LogP contribution in [-0.4, -0.2) is 23.4 Å². The molecular formula is C12H26O2. The van der Waals surface area contributed by atoms with Gasteiger partial charge in [-0.25, -0.2) is 0 Å². The number of aliphatic hydroxyl groups is 1. The first kappa shape index (κ1) is 13.9. The van der Waals surface area contributed by atoms with Crippen molar-refractivity contribution in [1.82, 2.24) is 0 Å². The molecule has 2 heteroatoms. The number of rotatable bonds is 6. The smallest absolute Gasteiger partial charge is 0.0598 e. The summed E-state index contributed by atoms with van der Waals surface area (Å²) in [5, 5.41) is 9.59. The minimum atomic E-state index is -0.154. The first-order valence-corrected chi connectivity index (χ1v) is 5.63. The van der Waals surface area contributed by atoms with Crippen LogP contribution in [0.3, 0.4) is 0 Å². The normalized spacial score (nSPS) is 14.8. The highest BCUT2D eigenvalue weighted by Gasteiger charge is 2.10. The minimum absolute atomic E-state index is 0.0526. The van der Waals surface area contributed by atoms with Crippen molar-refractivity contribution in [1.29, 1.82) is 0 Å². The van der Waals surface area contributed by atoms with Crippen molar-refractivity contribution in [2.45, 2.75) is 65.6 Å². The van der Waals surface area contributed by atoms with Gasteiger partial charge in [-0.05, 0) is 46.0 Å². The zero-order valence-electron chi connectivity index (χ0n) is 10.3. The number of hydrogen-bond donors (Lipinski definition) is 1. The Hall–Kier alpha value is -0.0800. The summed E-state index contributed by atoms with van der Waals surface area (Å²) in [4.78, 5) is 0. The van der Waals surface area contributed by atoms with Crippen molar-refractivity contribution in [3.63, 3.8) is 0 Å². The molecule has 0 spiro atoms. The summed E-state index contributed by atoms with van der Waals surface area (Å²) in [6, 6.07) is 0. The summed E-state index contributed by atoms with van der Waals surface area (Å²) >= 11 is 0. The Morgan fingerprint density at radius 1 is 1.21 bits per heavy atom. The Morgan fingerprint density at radius 2 is 1.79 bits per heavy atom. The van der Waals surface area contributed by atoms with Crippen molar-refractivity contribution in [2.24, 2.45) is 5.92 Å². The van der Waals surface area contributed by atoms with Gasteiger partial charge in [0.05, 0.1) is 11.7 Å². The first-order chi connectivity index (χ1) is 6.31. The Morgan fingerprint density at radius 3 is 2.21 bits per heavy atom. The Kier molecular flexibility index (Phi) is 6.38. The topological polar surface area (TPSA) is 29.5 Å². The van der Waals surface area contributed by atoms with E-state index in [-0.39, 0.29) is 11.7 Å². The maximum absolute atomic E-state index is 9.59. The van der Waals surface area contributed by atoms with E-state index in [0.717, 1.165) is 25.9 Å². The predicted octanol–water partition coefficient (Wildman–Crippen LogP) is 2.99. The van der Waals surface area contributed by atoms with Crippen LogP contribution in [0.2, 0.25) is 0 Å². The maximum Gasteiger partial charge on any atom is 0.0598 e. The second-order valence-electron chi connectivity index (χ2n) is 5.39. The standard InChI is InChI=1S/C12H26O2/c1-10(2)9-11(13)7-6-8-14-12(3,4)5/h10-11,13H,6-9H2,1-5H3. The van der Waals surface area contributed by atoms with Gasteiger partial charge in [-0.2, -0.15) is 0 Å². The average molecular weight is 202 g/mol. The molecule has 0 saturated carbocycles. The molecule has 0 amide bonds. The van der Waals surface area contributed by atoms with Gasteiger partial charge >= 0.3 is 0 Å². The second-order valence-corrected chi connectivity index (χ2v) is 5.39. The molecule has 1 N–H and O–H groups in total. The van der Waals surface area contributed by atoms with E-state index in [2.05, 4.69) is 34.6 Å². The van der Waals surface area contributed by atoms with Crippen molar-refractivity contribution in [3.8, 4) is 0 Å². The lowest BCUT2D eigenvalue weighted by Crippen LogP contribution is -2.20. The molecule has 0 fully saturated rings. The van der Waals surface area contributed by atoms with E-state index in [1.165, 1.54) is 0 Å². The van der Waals surface area contributed by atoms with Gasteiger partial charge in [-0.15, -0.1) is 0 Å². The third-order valence-electron chi connectivity index (χ3n) is 1.96. The molecule has 0 aromatic carbocycles. The van der Waals surface area contributed by atoms with Crippen LogP contribution >= 0.6 is 0 Å². The molecule has 86 valence electrons. The van der Waals surface area contributed by atoms with Gasteiger partial charge in [0.2, 0.25) is 0 Å². The molecular weight excluding hydrogens is 176 g/mol. The van der Waals surface area contributed by atoms with Crippen LogP contribution < -0.4 is 0 Å². The van der Waals surface area contributed by atoms with E-state index in [0.29, 0.717) is 5.92 Å². The van der Waals surface area contributed by atoms with Crippen LogP contribution in [-0.2, 0) is 4.74 Å². The van der Waals surface area contributed by atoms with Crippen LogP contribution in [0.25, 0.3) is 0 Å². The van der Waals surface area contributed by atoms with E-state index in [1.807, 2.05) is 0 Å². The zero-order chi connectivity index (χ0) is 11.2. The second kappa shape index (κ2) is 6.41. The highest BCUT2D eigenvalue weighted by Crippen LogP contribution is 2.12. The third kappa shape index (κ3) is 10.0. The molecule has 0 heterocycles. The molecule has 1 atom stereocenters. The fraction of sp³-hybridized carbons (Fsp3) is 1.00. The average Bonchev–Trinajstić information content (AvgIpc) is 1.95. The fourth-order valence-electron chi connectivity index (χ4n) is 1.36. The minimum Gasteiger partial charge on any atom is -0.393 e. The molecule has 0 radical (unpaired) electrons. The summed E-state index contributed by atoms with van der Waals surface area (Å²) in [5.41, 5.74) is -0.0526. The molecule has 0 aromatic rings. The molecule has 2 nitrogen and oxygen atoms in total. The van der Waals surface area contributed by atoms with E-state index in [4.69, 9.17) is 4.74 Å². The maximum atomic E-state index is 9.59. The van der Waals surface area contributed by atoms with Crippen LogP contribution in [0.15, 0.2) is 0 Å². The number of aliphatic hydroxyl groups excluding tert-OH is 1. The molecule has 0 rings (SSSR count). The third-order valence-corrected chi connectivity index (χ3v) is 1.96. The number of ether oxygens (including phenoxy) is 1. The van der Waals surface area contributed by atoms with Crippen LogP contribution in [0, 0.1) is 5.92 Å². The van der Waals surface area contributed by atoms with Crippen LogP contribution in [0.5, 0.6) is 0 Å². The Labute approximate surface area is 88.7 Å². The summed E-state index contributed by atoms with van der Waals surface area (Å²) in [7, 11) is 0. The molecule has 0 aliphatic heterocycles. The number of hydrogen-bond acceptors (Lipinski definition) is 2. The van der Waals surface area contributed by atoms with Crippen LogP contribution in [0.4, 0.5) is 0 Å². The van der Waals surface area contributed by atoms with Crippen molar-refractivity contribution < 1.29 is 9.84 Å². The van der Waals surface area contributed by atoms with Gasteiger partial charge in [0.25, 0.3) is 0 Å². The van der Waals surface area contributed by atoms with Crippen LogP contribution in [0.1, 0.15) is 53.9 Å². The van der Waals surface area contributed by atoms with Gasteiger partial charge < -0.3 is 9.84 Å². The summed E-state index contributed by atoms with van der Waals surface area (Å²) in [5.74, 6) is 0.577.